The zero-order valence-corrected chi connectivity index (χ0v) is 9.50. The molecule has 1 aromatic heterocycles. The average molecular weight is 232 g/mol. The number of aliphatic hydroxyl groups is 2. The summed E-state index contributed by atoms with van der Waals surface area (Å²) in [7, 11) is 0. The van der Waals surface area contributed by atoms with Crippen LogP contribution in [0.25, 0.3) is 10.9 Å². The minimum Gasteiger partial charge on any atom is -0.394 e. The molecule has 0 aliphatic carbocycles. The van der Waals surface area contributed by atoms with Gasteiger partial charge in [0.25, 0.3) is 0 Å². The quantitative estimate of drug-likeness (QED) is 0.709. The van der Waals surface area contributed by atoms with Gasteiger partial charge in [0.1, 0.15) is 0 Å². The molecule has 0 saturated carbocycles. The Kier molecular flexibility index (Phi) is 4.03. The van der Waals surface area contributed by atoms with E-state index in [1.165, 1.54) is 0 Å². The Morgan fingerprint density at radius 3 is 2.88 bits per heavy atom. The predicted octanol–water partition coefficient (Wildman–Crippen LogP) is 0.678. The smallest absolute Gasteiger partial charge is 0.0895 e. The van der Waals surface area contributed by atoms with Crippen molar-refractivity contribution in [3.8, 4) is 0 Å². The number of aliphatic hydroxyl groups excluding tert-OH is 2. The summed E-state index contributed by atoms with van der Waals surface area (Å²) in [5.41, 5.74) is 2.11. The summed E-state index contributed by atoms with van der Waals surface area (Å²) in [6.45, 7) is 0.817. The van der Waals surface area contributed by atoms with Crippen molar-refractivity contribution in [2.24, 2.45) is 0 Å². The van der Waals surface area contributed by atoms with Crippen molar-refractivity contribution in [1.29, 1.82) is 0 Å². The van der Waals surface area contributed by atoms with E-state index >= 15 is 0 Å². The topological polar surface area (TPSA) is 65.4 Å². The molecular weight excluding hydrogens is 216 g/mol. The molecule has 1 aromatic carbocycles. The number of pyridine rings is 1. The molecule has 0 spiro atoms. The number of nitrogens with zero attached hydrogens (tertiary/aromatic N) is 1. The fraction of sp³-hybridized carbons (Fsp3) is 0.308. The van der Waals surface area contributed by atoms with Gasteiger partial charge in [0.15, 0.2) is 0 Å². The van der Waals surface area contributed by atoms with Gasteiger partial charge in [0.2, 0.25) is 0 Å². The van der Waals surface area contributed by atoms with Crippen LogP contribution < -0.4 is 5.32 Å². The molecule has 1 atom stereocenters. The molecule has 90 valence electrons. The van der Waals surface area contributed by atoms with E-state index < -0.39 is 6.10 Å². The normalized spacial score (nSPS) is 12.8. The molecule has 2 rings (SSSR count). The molecule has 0 fully saturated rings. The van der Waals surface area contributed by atoms with Gasteiger partial charge in [-0.25, -0.2) is 0 Å². The largest absolute Gasteiger partial charge is 0.394 e. The molecule has 0 amide bonds. The molecule has 4 heteroatoms. The third-order valence-electron chi connectivity index (χ3n) is 2.65. The van der Waals surface area contributed by atoms with Crippen molar-refractivity contribution in [3.05, 3.63) is 42.1 Å². The summed E-state index contributed by atoms with van der Waals surface area (Å²) in [6, 6.07) is 9.90. The maximum Gasteiger partial charge on any atom is 0.0895 e. The van der Waals surface area contributed by atoms with Crippen molar-refractivity contribution >= 4 is 10.9 Å². The number of aromatic nitrogens is 1. The Hall–Kier alpha value is -1.49. The SMILES string of the molecule is OCC(O)CNCc1ccnc2ccccc12. The maximum atomic E-state index is 9.22. The third-order valence-corrected chi connectivity index (χ3v) is 2.65. The maximum absolute atomic E-state index is 9.22. The zero-order chi connectivity index (χ0) is 12.1. The van der Waals surface area contributed by atoms with Gasteiger partial charge in [-0.15, -0.1) is 0 Å². The molecule has 1 unspecified atom stereocenters. The number of hydrogen-bond acceptors (Lipinski definition) is 4. The molecule has 3 N–H and O–H groups in total. The number of nitrogens with one attached hydrogen (secondary N) is 1. The first-order valence-electron chi connectivity index (χ1n) is 5.63. The Morgan fingerprint density at radius 1 is 1.24 bits per heavy atom. The molecule has 0 bridgehead atoms. The second-order valence-electron chi connectivity index (χ2n) is 3.95. The van der Waals surface area contributed by atoms with Crippen molar-refractivity contribution in [2.75, 3.05) is 13.2 Å². The van der Waals surface area contributed by atoms with E-state index in [-0.39, 0.29) is 6.61 Å². The standard InChI is InChI=1S/C13H16N2O2/c16-9-11(17)8-14-7-10-5-6-15-13-4-2-1-3-12(10)13/h1-6,11,14,16-17H,7-9H2. The minimum absolute atomic E-state index is 0.218. The first kappa shape index (κ1) is 12.0. The van der Waals surface area contributed by atoms with Crippen LogP contribution in [0, 0.1) is 0 Å². The highest BCUT2D eigenvalue weighted by molar-refractivity contribution is 5.81. The fourth-order valence-corrected chi connectivity index (χ4v) is 1.75. The minimum atomic E-state index is -0.705. The van der Waals surface area contributed by atoms with Gasteiger partial charge < -0.3 is 15.5 Å². The van der Waals surface area contributed by atoms with E-state index in [0.29, 0.717) is 13.1 Å². The van der Waals surface area contributed by atoms with Gasteiger partial charge in [-0.05, 0) is 17.7 Å². The van der Waals surface area contributed by atoms with E-state index in [1.807, 2.05) is 30.3 Å². The van der Waals surface area contributed by atoms with Crippen molar-refractivity contribution < 1.29 is 10.2 Å². The van der Waals surface area contributed by atoms with E-state index in [2.05, 4.69) is 10.3 Å². The van der Waals surface area contributed by atoms with Gasteiger partial charge in [-0.2, -0.15) is 0 Å². The Bertz CT molecular complexity index is 482. The third kappa shape index (κ3) is 3.00. The summed E-state index contributed by atoms with van der Waals surface area (Å²) in [6.07, 6.45) is 1.07. The van der Waals surface area contributed by atoms with Crippen LogP contribution in [0.1, 0.15) is 5.56 Å². The van der Waals surface area contributed by atoms with Crippen LogP contribution in [0.5, 0.6) is 0 Å². The van der Waals surface area contributed by atoms with Crippen molar-refractivity contribution in [1.82, 2.24) is 10.3 Å². The molecule has 0 saturated heterocycles. The lowest BCUT2D eigenvalue weighted by Gasteiger charge is -2.10. The Balaban J connectivity index is 2.08. The number of rotatable bonds is 5. The van der Waals surface area contributed by atoms with Crippen LogP contribution in [0.3, 0.4) is 0 Å². The van der Waals surface area contributed by atoms with E-state index in [0.717, 1.165) is 16.5 Å². The van der Waals surface area contributed by atoms with E-state index in [9.17, 15) is 5.11 Å². The molecular formula is C13H16N2O2. The first-order valence-corrected chi connectivity index (χ1v) is 5.63. The van der Waals surface area contributed by atoms with Crippen LogP contribution in [-0.4, -0.2) is 34.5 Å². The zero-order valence-electron chi connectivity index (χ0n) is 9.50. The highest BCUT2D eigenvalue weighted by atomic mass is 16.3. The summed E-state index contributed by atoms with van der Waals surface area (Å²) in [5, 5.41) is 22.1. The van der Waals surface area contributed by atoms with Crippen LogP contribution in [0.4, 0.5) is 0 Å². The summed E-state index contributed by atoms with van der Waals surface area (Å²) >= 11 is 0. The summed E-state index contributed by atoms with van der Waals surface area (Å²) < 4.78 is 0. The second kappa shape index (κ2) is 5.72. The van der Waals surface area contributed by atoms with Gasteiger partial charge in [-0.3, -0.25) is 4.98 Å². The van der Waals surface area contributed by atoms with E-state index in [4.69, 9.17) is 5.11 Å². The van der Waals surface area contributed by atoms with Crippen LogP contribution in [0.15, 0.2) is 36.5 Å². The van der Waals surface area contributed by atoms with Gasteiger partial charge in [0, 0.05) is 24.7 Å². The van der Waals surface area contributed by atoms with Crippen LogP contribution in [-0.2, 0) is 6.54 Å². The monoisotopic (exact) mass is 232 g/mol. The Morgan fingerprint density at radius 2 is 2.06 bits per heavy atom. The molecule has 17 heavy (non-hydrogen) atoms. The van der Waals surface area contributed by atoms with Gasteiger partial charge in [0.05, 0.1) is 18.2 Å². The van der Waals surface area contributed by atoms with Gasteiger partial charge >= 0.3 is 0 Å². The van der Waals surface area contributed by atoms with E-state index in [1.54, 1.807) is 6.20 Å². The summed E-state index contributed by atoms with van der Waals surface area (Å²) in [4.78, 5) is 4.28. The average Bonchev–Trinajstić information content (AvgIpc) is 2.39. The lowest BCUT2D eigenvalue weighted by molar-refractivity contribution is 0.0942. The fourth-order valence-electron chi connectivity index (χ4n) is 1.75. The second-order valence-corrected chi connectivity index (χ2v) is 3.95. The van der Waals surface area contributed by atoms with Crippen LogP contribution in [0.2, 0.25) is 0 Å². The van der Waals surface area contributed by atoms with Crippen molar-refractivity contribution in [2.45, 2.75) is 12.6 Å². The summed E-state index contributed by atoms with van der Waals surface area (Å²) in [5.74, 6) is 0. The predicted molar refractivity (Wildman–Crippen MR) is 66.5 cm³/mol. The molecule has 0 aliphatic rings. The van der Waals surface area contributed by atoms with Gasteiger partial charge in [-0.1, -0.05) is 18.2 Å². The number of para-hydroxylation sites is 1. The highest BCUT2D eigenvalue weighted by Crippen LogP contribution is 2.15. The molecule has 1 heterocycles. The van der Waals surface area contributed by atoms with Crippen molar-refractivity contribution in [3.63, 3.8) is 0 Å². The number of hydrogen-bond donors (Lipinski definition) is 3. The lowest BCUT2D eigenvalue weighted by atomic mass is 10.1. The number of fused-ring (bicyclic) bond motifs is 1. The highest BCUT2D eigenvalue weighted by Gasteiger charge is 2.03. The molecule has 0 aliphatic heterocycles. The Labute approximate surface area is 99.9 Å². The van der Waals surface area contributed by atoms with Crippen LogP contribution >= 0.6 is 0 Å². The first-order chi connectivity index (χ1) is 8.31. The number of benzene rings is 1. The molecule has 0 radical (unpaired) electrons. The lowest BCUT2D eigenvalue weighted by Crippen LogP contribution is -2.28. The molecule has 4 nitrogen and oxygen atoms in total. The molecule has 2 aromatic rings.